The number of carbonyl (C=O) groups excluding carboxylic acids is 1. The Morgan fingerprint density at radius 2 is 1.96 bits per heavy atom. The molecule has 6 heteroatoms. The molecule has 0 radical (unpaired) electrons. The number of aromatic nitrogens is 2. The molecule has 0 aromatic carbocycles. The Hall–Kier alpha value is -0.490. The molecule has 0 aliphatic heterocycles. The minimum absolute atomic E-state index is 0.140. The predicted octanol–water partition coefficient (Wildman–Crippen LogP) is 4.48. The van der Waals surface area contributed by atoms with Crippen LogP contribution in [0.5, 0.6) is 0 Å². The van der Waals surface area contributed by atoms with Crippen LogP contribution in [0.25, 0.3) is 0 Å². The summed E-state index contributed by atoms with van der Waals surface area (Å²) in [5.41, 5.74) is 0.224. The summed E-state index contributed by atoms with van der Waals surface area (Å²) in [6.45, 7) is 0. The Morgan fingerprint density at radius 1 is 1.22 bits per heavy atom. The van der Waals surface area contributed by atoms with E-state index in [1.807, 2.05) is 0 Å². The van der Waals surface area contributed by atoms with Gasteiger partial charge in [-0.15, -0.1) is 10.2 Å². The van der Waals surface area contributed by atoms with Crippen LogP contribution in [0.3, 0.4) is 0 Å². The van der Waals surface area contributed by atoms with Crippen LogP contribution in [0.4, 0.5) is 5.13 Å². The first-order valence-corrected chi connectivity index (χ1v) is 10.4. The van der Waals surface area contributed by atoms with Crippen LogP contribution < -0.4 is 5.32 Å². The molecule has 5 aliphatic rings. The van der Waals surface area contributed by atoms with Gasteiger partial charge in [-0.25, -0.2) is 0 Å². The minimum Gasteiger partial charge on any atom is -0.301 e. The van der Waals surface area contributed by atoms with Crippen molar-refractivity contribution < 1.29 is 4.79 Å². The van der Waals surface area contributed by atoms with Gasteiger partial charge in [0.15, 0.2) is 0 Å². The third kappa shape index (κ3) is 2.76. The summed E-state index contributed by atoms with van der Waals surface area (Å²) >= 11 is 5.58. The normalized spacial score (nSPS) is 41.3. The number of nitrogens with one attached hydrogen (secondary N) is 1. The molecule has 4 nitrogen and oxygen atoms in total. The quantitative estimate of drug-likeness (QED) is 0.764. The Labute approximate surface area is 149 Å². The third-order valence-corrected chi connectivity index (χ3v) is 8.19. The van der Waals surface area contributed by atoms with Gasteiger partial charge in [0, 0.05) is 16.7 Å². The zero-order valence-corrected chi connectivity index (χ0v) is 15.6. The summed E-state index contributed by atoms with van der Waals surface area (Å²) in [7, 11) is 0. The van der Waals surface area contributed by atoms with Crippen molar-refractivity contribution in [1.82, 2.24) is 10.2 Å². The van der Waals surface area contributed by atoms with Gasteiger partial charge >= 0.3 is 0 Å². The molecule has 1 amide bonds. The molecule has 5 aliphatic carbocycles. The Kier molecular flexibility index (Phi) is 3.23. The van der Waals surface area contributed by atoms with Crippen LogP contribution in [0.1, 0.15) is 68.7 Å². The molecular weight excluding hydrogens is 374 g/mol. The molecular formula is C17H22BrN3OS. The number of rotatable bonds is 4. The molecule has 1 N–H and O–H groups in total. The average molecular weight is 396 g/mol. The molecule has 5 saturated carbocycles. The molecule has 124 valence electrons. The van der Waals surface area contributed by atoms with Gasteiger partial charge in [0.1, 0.15) is 5.01 Å². The molecule has 2 atom stereocenters. The fraction of sp³-hybridized carbons (Fsp3) is 0.824. The second-order valence-corrected chi connectivity index (χ2v) is 11.2. The van der Waals surface area contributed by atoms with E-state index >= 15 is 0 Å². The molecule has 1 aromatic heterocycles. The van der Waals surface area contributed by atoms with E-state index in [0.29, 0.717) is 21.8 Å². The predicted molar refractivity (Wildman–Crippen MR) is 93.9 cm³/mol. The van der Waals surface area contributed by atoms with Crippen molar-refractivity contribution in [2.45, 2.75) is 68.0 Å². The highest BCUT2D eigenvalue weighted by atomic mass is 79.9. The summed E-state index contributed by atoms with van der Waals surface area (Å²) < 4.78 is 0.319. The van der Waals surface area contributed by atoms with E-state index in [0.717, 1.165) is 16.8 Å². The number of hydrogen-bond acceptors (Lipinski definition) is 4. The lowest BCUT2D eigenvalue weighted by atomic mass is 9.48. The summed E-state index contributed by atoms with van der Waals surface area (Å²) in [6.07, 6.45) is 10.8. The maximum atomic E-state index is 12.6. The van der Waals surface area contributed by atoms with Crippen LogP contribution in [0.2, 0.25) is 0 Å². The van der Waals surface area contributed by atoms with Crippen molar-refractivity contribution in [3.05, 3.63) is 5.01 Å². The van der Waals surface area contributed by atoms with Gasteiger partial charge in [0.2, 0.25) is 11.0 Å². The summed E-state index contributed by atoms with van der Waals surface area (Å²) in [5.74, 6) is 2.40. The summed E-state index contributed by atoms with van der Waals surface area (Å²) in [6, 6.07) is 0. The van der Waals surface area contributed by atoms with Gasteiger partial charge < -0.3 is 5.32 Å². The third-order valence-electron chi connectivity index (χ3n) is 6.26. The van der Waals surface area contributed by atoms with Crippen molar-refractivity contribution in [1.29, 1.82) is 0 Å². The Morgan fingerprint density at radius 3 is 2.61 bits per heavy atom. The maximum Gasteiger partial charge on any atom is 0.226 e. The average Bonchev–Trinajstić information content (AvgIpc) is 3.16. The summed E-state index contributed by atoms with van der Waals surface area (Å²) in [5, 5.41) is 13.2. The monoisotopic (exact) mass is 395 g/mol. The Bertz CT molecular complexity index is 642. The highest BCUT2D eigenvalue weighted by Gasteiger charge is 2.57. The molecule has 23 heavy (non-hydrogen) atoms. The van der Waals surface area contributed by atoms with Crippen LogP contribution in [-0.2, 0) is 4.79 Å². The standard InChI is InChI=1S/C17H22BrN3OS/c18-17-6-10-3-11(7-17)5-16(4-10,9-17)8-13(22)19-15-21-20-14(23-15)12-1-2-12/h10-12H,1-9H2,(H,19,21,22). The van der Waals surface area contributed by atoms with Crippen molar-refractivity contribution in [3.8, 4) is 0 Å². The van der Waals surface area contributed by atoms with E-state index in [1.54, 1.807) is 11.3 Å². The fourth-order valence-corrected chi connectivity index (χ4v) is 8.27. The second-order valence-electron chi connectivity index (χ2n) is 8.56. The molecule has 2 unspecified atom stereocenters. The molecule has 6 rings (SSSR count). The van der Waals surface area contributed by atoms with Crippen LogP contribution in [-0.4, -0.2) is 20.4 Å². The molecule has 4 bridgehead atoms. The Balaban J connectivity index is 1.28. The SMILES string of the molecule is O=C(CC12CC3CC(CC(Br)(C3)C1)C2)Nc1nnc(C2CC2)s1. The van der Waals surface area contributed by atoms with Gasteiger partial charge in [-0.05, 0) is 68.6 Å². The van der Waals surface area contributed by atoms with Crippen molar-refractivity contribution in [3.63, 3.8) is 0 Å². The lowest BCUT2D eigenvalue weighted by Gasteiger charge is -2.60. The number of hydrogen-bond donors (Lipinski definition) is 1. The highest BCUT2D eigenvalue weighted by Crippen LogP contribution is 2.65. The fourth-order valence-electron chi connectivity index (χ4n) is 5.83. The molecule has 1 aromatic rings. The number of amides is 1. The number of anilines is 1. The molecule has 5 fully saturated rings. The molecule has 1 heterocycles. The van der Waals surface area contributed by atoms with Crippen LogP contribution in [0, 0.1) is 17.3 Å². The van der Waals surface area contributed by atoms with E-state index < -0.39 is 0 Å². The van der Waals surface area contributed by atoms with Gasteiger partial charge in [-0.1, -0.05) is 27.3 Å². The number of halogens is 1. The number of carbonyl (C=O) groups is 1. The number of alkyl halides is 1. The van der Waals surface area contributed by atoms with Gasteiger partial charge in [-0.3, -0.25) is 4.79 Å². The minimum atomic E-state index is 0.140. The van der Waals surface area contributed by atoms with Crippen molar-refractivity contribution in [2.24, 2.45) is 17.3 Å². The maximum absolute atomic E-state index is 12.6. The summed E-state index contributed by atoms with van der Waals surface area (Å²) in [4.78, 5) is 12.6. The molecule has 0 spiro atoms. The van der Waals surface area contributed by atoms with Gasteiger partial charge in [-0.2, -0.15) is 0 Å². The molecule has 0 saturated heterocycles. The zero-order valence-electron chi connectivity index (χ0n) is 13.2. The van der Waals surface area contributed by atoms with Crippen molar-refractivity contribution >= 4 is 38.3 Å². The first-order valence-electron chi connectivity index (χ1n) is 8.83. The lowest BCUT2D eigenvalue weighted by molar-refractivity contribution is -0.123. The van der Waals surface area contributed by atoms with Crippen LogP contribution in [0.15, 0.2) is 0 Å². The van der Waals surface area contributed by atoms with E-state index in [1.165, 1.54) is 51.4 Å². The van der Waals surface area contributed by atoms with Gasteiger partial charge in [0.25, 0.3) is 0 Å². The first kappa shape index (κ1) is 14.8. The van der Waals surface area contributed by atoms with E-state index in [2.05, 4.69) is 31.4 Å². The van der Waals surface area contributed by atoms with E-state index in [4.69, 9.17) is 0 Å². The zero-order chi connectivity index (χ0) is 15.7. The smallest absolute Gasteiger partial charge is 0.226 e. The highest BCUT2D eigenvalue weighted by molar-refractivity contribution is 9.10. The van der Waals surface area contributed by atoms with E-state index in [9.17, 15) is 4.79 Å². The lowest BCUT2D eigenvalue weighted by Crippen LogP contribution is -2.53. The van der Waals surface area contributed by atoms with Crippen molar-refractivity contribution in [2.75, 3.05) is 5.32 Å². The number of nitrogens with zero attached hydrogens (tertiary/aromatic N) is 2. The largest absolute Gasteiger partial charge is 0.301 e. The van der Waals surface area contributed by atoms with E-state index in [-0.39, 0.29) is 11.3 Å². The topological polar surface area (TPSA) is 54.9 Å². The first-order chi connectivity index (χ1) is 11.0. The second kappa shape index (κ2) is 5.01. The van der Waals surface area contributed by atoms with Gasteiger partial charge in [0.05, 0.1) is 0 Å². The van der Waals surface area contributed by atoms with Crippen LogP contribution >= 0.6 is 27.3 Å².